The minimum Gasteiger partial charge on any atom is -0.439 e. The highest BCUT2D eigenvalue weighted by Crippen LogP contribution is 2.44. The number of carbonyl (C=O) groups is 1. The van der Waals surface area contributed by atoms with Crippen molar-refractivity contribution in [2.45, 2.75) is 18.4 Å². The van der Waals surface area contributed by atoms with Gasteiger partial charge in [-0.3, -0.25) is 14.8 Å². The molecule has 0 aromatic carbocycles. The molecule has 0 saturated carbocycles. The first-order valence-corrected chi connectivity index (χ1v) is 9.14. The minimum atomic E-state index is -0.327. The van der Waals surface area contributed by atoms with Gasteiger partial charge in [0, 0.05) is 30.4 Å². The molecule has 1 spiro atoms. The summed E-state index contributed by atoms with van der Waals surface area (Å²) in [5, 5.41) is 1.73. The summed E-state index contributed by atoms with van der Waals surface area (Å²) in [4.78, 5) is 25.3. The number of nitrogens with zero attached hydrogens (tertiary/aromatic N) is 4. The molecule has 4 aliphatic heterocycles. The number of amides is 1. The van der Waals surface area contributed by atoms with Crippen molar-refractivity contribution in [2.75, 3.05) is 31.1 Å². The molecule has 6 rings (SSSR count). The van der Waals surface area contributed by atoms with E-state index in [0.717, 1.165) is 48.0 Å². The Morgan fingerprint density at radius 1 is 1.25 bits per heavy atom. The van der Waals surface area contributed by atoms with Gasteiger partial charge in [-0.1, -0.05) is 11.3 Å². The fraction of sp³-hybridized carbons (Fsp3) is 0.471. The van der Waals surface area contributed by atoms with E-state index in [1.165, 1.54) is 11.3 Å². The van der Waals surface area contributed by atoms with Crippen LogP contribution >= 0.6 is 11.3 Å². The quantitative estimate of drug-likeness (QED) is 0.840. The summed E-state index contributed by atoms with van der Waals surface area (Å²) in [7, 11) is 0. The Morgan fingerprint density at radius 2 is 2.12 bits per heavy atom. The van der Waals surface area contributed by atoms with Gasteiger partial charge in [0.05, 0.1) is 12.7 Å². The number of hydrogen-bond donors (Lipinski definition) is 0. The van der Waals surface area contributed by atoms with E-state index in [2.05, 4.69) is 14.9 Å². The Labute approximate surface area is 144 Å². The van der Waals surface area contributed by atoms with Gasteiger partial charge in [-0.2, -0.15) is 0 Å². The second-order valence-corrected chi connectivity index (χ2v) is 7.82. The molecule has 0 aliphatic carbocycles. The zero-order valence-corrected chi connectivity index (χ0v) is 14.0. The molecule has 0 unspecified atom stereocenters. The molecule has 124 valence electrons. The number of piperidine rings is 3. The number of hydrogen-bond acceptors (Lipinski definition) is 6. The largest absolute Gasteiger partial charge is 0.439 e. The highest BCUT2D eigenvalue weighted by molar-refractivity contribution is 7.19. The van der Waals surface area contributed by atoms with Crippen molar-refractivity contribution in [3.63, 3.8) is 0 Å². The van der Waals surface area contributed by atoms with Crippen molar-refractivity contribution in [3.05, 3.63) is 30.7 Å². The Hall–Kier alpha value is -1.99. The van der Waals surface area contributed by atoms with Gasteiger partial charge in [0.1, 0.15) is 15.6 Å². The number of rotatable bonds is 2. The predicted octanol–water partition coefficient (Wildman–Crippen LogP) is 2.63. The van der Waals surface area contributed by atoms with Crippen LogP contribution < -0.4 is 4.90 Å². The monoisotopic (exact) mass is 342 g/mol. The molecule has 0 N–H and O–H groups in total. The molecule has 6 nitrogen and oxygen atoms in total. The minimum absolute atomic E-state index is 0.231. The van der Waals surface area contributed by atoms with Gasteiger partial charge in [0.25, 0.3) is 0 Å². The van der Waals surface area contributed by atoms with Crippen LogP contribution in [0.25, 0.3) is 10.6 Å². The van der Waals surface area contributed by atoms with E-state index in [-0.39, 0.29) is 11.7 Å². The number of pyridine rings is 1. The standard InChI is InChI=1S/C17H18N4O2S/c22-16-21(11-17(23-16)10-20-6-3-13(17)4-7-20)14-9-19-15(24-14)12-2-1-5-18-8-12/h1-2,5,8-9,13H,3-4,6-7,10-11H2/t17-/m1/s1. The molecule has 1 amide bonds. The molecule has 1 atom stereocenters. The van der Waals surface area contributed by atoms with Gasteiger partial charge < -0.3 is 4.74 Å². The van der Waals surface area contributed by atoms with Gasteiger partial charge in [0.15, 0.2) is 0 Å². The second-order valence-electron chi connectivity index (χ2n) is 6.81. The molecule has 0 radical (unpaired) electrons. The smallest absolute Gasteiger partial charge is 0.415 e. The van der Waals surface area contributed by atoms with Crippen LogP contribution in [0, 0.1) is 5.92 Å². The normalized spacial score (nSPS) is 31.7. The SMILES string of the molecule is O=C1O[C@]2(CN3CCC2CC3)CN1c1cnc(-c2cccnc2)s1. The predicted molar refractivity (Wildman–Crippen MR) is 91.1 cm³/mol. The lowest BCUT2D eigenvalue weighted by Gasteiger charge is -2.49. The third kappa shape index (κ3) is 2.15. The number of ether oxygens (including phenoxy) is 1. The zero-order valence-electron chi connectivity index (χ0n) is 13.2. The summed E-state index contributed by atoms with van der Waals surface area (Å²) in [5.41, 5.74) is 0.644. The molecule has 2 aromatic rings. The third-order valence-corrected chi connectivity index (χ3v) is 6.50. The van der Waals surface area contributed by atoms with Crippen LogP contribution in [0.1, 0.15) is 12.8 Å². The first-order valence-electron chi connectivity index (χ1n) is 8.33. The van der Waals surface area contributed by atoms with Crippen LogP contribution in [0.15, 0.2) is 30.7 Å². The summed E-state index contributed by atoms with van der Waals surface area (Å²) in [5.74, 6) is 0.488. The van der Waals surface area contributed by atoms with E-state index in [1.54, 1.807) is 23.5 Å². The van der Waals surface area contributed by atoms with Crippen molar-refractivity contribution in [1.82, 2.24) is 14.9 Å². The average Bonchev–Trinajstić information content (AvgIpc) is 3.22. The van der Waals surface area contributed by atoms with E-state index in [9.17, 15) is 4.79 Å². The summed E-state index contributed by atoms with van der Waals surface area (Å²) in [6, 6.07) is 3.87. The molecule has 4 aliphatic rings. The van der Waals surface area contributed by atoms with E-state index in [4.69, 9.17) is 4.74 Å². The maximum Gasteiger partial charge on any atom is 0.415 e. The number of anilines is 1. The van der Waals surface area contributed by atoms with Crippen LogP contribution in [0.3, 0.4) is 0 Å². The lowest BCUT2D eigenvalue weighted by Crippen LogP contribution is -2.61. The van der Waals surface area contributed by atoms with Crippen LogP contribution in [-0.4, -0.2) is 52.7 Å². The molecule has 6 heterocycles. The molecule has 4 saturated heterocycles. The molecule has 7 heteroatoms. The Morgan fingerprint density at radius 3 is 2.83 bits per heavy atom. The third-order valence-electron chi connectivity index (χ3n) is 5.43. The van der Waals surface area contributed by atoms with E-state index < -0.39 is 0 Å². The van der Waals surface area contributed by atoms with Crippen LogP contribution in [0.5, 0.6) is 0 Å². The van der Waals surface area contributed by atoms with Crippen LogP contribution in [-0.2, 0) is 4.74 Å². The lowest BCUT2D eigenvalue weighted by atomic mass is 9.75. The Kier molecular flexibility index (Phi) is 3.14. The van der Waals surface area contributed by atoms with Crippen molar-refractivity contribution in [3.8, 4) is 10.6 Å². The van der Waals surface area contributed by atoms with E-state index in [1.807, 2.05) is 12.1 Å². The number of fused-ring (bicyclic) bond motifs is 2. The van der Waals surface area contributed by atoms with Crippen molar-refractivity contribution in [2.24, 2.45) is 5.92 Å². The number of carbonyl (C=O) groups excluding carboxylic acids is 1. The average molecular weight is 342 g/mol. The molecular weight excluding hydrogens is 324 g/mol. The fourth-order valence-electron chi connectivity index (χ4n) is 4.19. The molecular formula is C17H18N4O2S. The highest BCUT2D eigenvalue weighted by atomic mass is 32.1. The zero-order chi connectivity index (χ0) is 16.1. The van der Waals surface area contributed by atoms with Crippen LogP contribution in [0.4, 0.5) is 9.80 Å². The van der Waals surface area contributed by atoms with Gasteiger partial charge in [0.2, 0.25) is 0 Å². The topological polar surface area (TPSA) is 58.6 Å². The second kappa shape index (κ2) is 5.26. The fourth-order valence-corrected chi connectivity index (χ4v) is 5.09. The van der Waals surface area contributed by atoms with Gasteiger partial charge in [-0.15, -0.1) is 0 Å². The molecule has 2 bridgehead atoms. The number of aromatic nitrogens is 2. The van der Waals surface area contributed by atoms with Crippen molar-refractivity contribution < 1.29 is 9.53 Å². The summed E-state index contributed by atoms with van der Waals surface area (Å²) in [6.45, 7) is 3.78. The molecule has 24 heavy (non-hydrogen) atoms. The lowest BCUT2D eigenvalue weighted by molar-refractivity contribution is -0.0881. The van der Waals surface area contributed by atoms with Crippen molar-refractivity contribution >= 4 is 22.4 Å². The first kappa shape index (κ1) is 14.4. The van der Waals surface area contributed by atoms with Gasteiger partial charge in [-0.05, 0) is 38.1 Å². The summed E-state index contributed by atoms with van der Waals surface area (Å²) in [6.07, 6.45) is 7.34. The van der Waals surface area contributed by atoms with Crippen LogP contribution in [0.2, 0.25) is 0 Å². The van der Waals surface area contributed by atoms with Gasteiger partial charge >= 0.3 is 6.09 Å². The maximum atomic E-state index is 12.5. The highest BCUT2D eigenvalue weighted by Gasteiger charge is 2.55. The number of thiazole rings is 1. The summed E-state index contributed by atoms with van der Waals surface area (Å²) < 4.78 is 5.92. The molecule has 4 fully saturated rings. The Bertz CT molecular complexity index is 772. The summed E-state index contributed by atoms with van der Waals surface area (Å²) >= 11 is 1.51. The van der Waals surface area contributed by atoms with E-state index in [0.29, 0.717) is 12.5 Å². The van der Waals surface area contributed by atoms with Crippen molar-refractivity contribution in [1.29, 1.82) is 0 Å². The maximum absolute atomic E-state index is 12.5. The van der Waals surface area contributed by atoms with E-state index >= 15 is 0 Å². The first-order chi connectivity index (χ1) is 11.7. The van der Waals surface area contributed by atoms with Gasteiger partial charge in [-0.25, -0.2) is 9.78 Å². The molecule has 2 aromatic heterocycles. The Balaban J connectivity index is 1.42.